The van der Waals surface area contributed by atoms with E-state index < -0.39 is 5.97 Å². The van der Waals surface area contributed by atoms with Crippen molar-refractivity contribution in [3.8, 4) is 11.3 Å². The molecule has 0 radical (unpaired) electrons. The summed E-state index contributed by atoms with van der Waals surface area (Å²) in [5.41, 5.74) is 1.72. The van der Waals surface area contributed by atoms with Crippen molar-refractivity contribution in [1.29, 1.82) is 0 Å². The number of hydrogen-bond acceptors (Lipinski definition) is 4. The summed E-state index contributed by atoms with van der Waals surface area (Å²) < 4.78 is 5.32. The molecule has 1 unspecified atom stereocenters. The van der Waals surface area contributed by atoms with E-state index >= 15 is 0 Å². The van der Waals surface area contributed by atoms with Crippen LogP contribution in [-0.2, 0) is 4.74 Å². The second-order valence-electron chi connectivity index (χ2n) is 3.81. The number of nitrogens with one attached hydrogen (secondary N) is 1. The molecule has 0 bridgehead atoms. The summed E-state index contributed by atoms with van der Waals surface area (Å²) in [5.74, 6) is -0.972. The number of carboxylic acids is 1. The topological polar surface area (TPSA) is 75.2 Å². The van der Waals surface area contributed by atoms with Crippen LogP contribution in [0.3, 0.4) is 0 Å². The molecule has 0 saturated heterocycles. The first-order valence-corrected chi connectivity index (χ1v) is 6.44. The number of aromatic carboxylic acids is 1. The van der Waals surface area contributed by atoms with Crippen LogP contribution in [0.4, 0.5) is 0 Å². The number of carboxylic acid groups (broad SMARTS) is 1. The van der Waals surface area contributed by atoms with E-state index in [4.69, 9.17) is 9.84 Å². The fourth-order valence-corrected chi connectivity index (χ4v) is 2.66. The van der Waals surface area contributed by atoms with Gasteiger partial charge in [0.1, 0.15) is 16.8 Å². The molecule has 0 spiro atoms. The third-order valence-electron chi connectivity index (χ3n) is 2.66. The Morgan fingerprint density at radius 1 is 1.67 bits per heavy atom. The van der Waals surface area contributed by atoms with Gasteiger partial charge < -0.3 is 14.8 Å². The number of aromatic nitrogens is 2. The third-order valence-corrected chi connectivity index (χ3v) is 3.60. The van der Waals surface area contributed by atoms with Crippen LogP contribution in [-0.4, -0.2) is 28.2 Å². The molecule has 0 amide bonds. The van der Waals surface area contributed by atoms with Crippen LogP contribution in [0.25, 0.3) is 11.3 Å². The lowest BCUT2D eigenvalue weighted by Gasteiger charge is -2.08. The summed E-state index contributed by atoms with van der Waals surface area (Å²) in [6.45, 7) is 2.04. The average Bonchev–Trinajstić information content (AvgIpc) is 2.98. The monoisotopic (exact) mass is 266 g/mol. The van der Waals surface area contributed by atoms with E-state index in [2.05, 4.69) is 9.97 Å². The summed E-state index contributed by atoms with van der Waals surface area (Å²) in [4.78, 5) is 18.0. The maximum Gasteiger partial charge on any atom is 0.352 e. The molecule has 1 atom stereocenters. The van der Waals surface area contributed by atoms with Gasteiger partial charge in [-0.15, -0.1) is 11.3 Å². The van der Waals surface area contributed by atoms with E-state index in [1.165, 1.54) is 11.3 Å². The molecule has 6 heteroatoms. The molecule has 2 N–H and O–H groups in total. The summed E-state index contributed by atoms with van der Waals surface area (Å²) in [6, 6.07) is 1.58. The minimum absolute atomic E-state index is 0.00151. The Kier molecular flexibility index (Phi) is 3.78. The van der Waals surface area contributed by atoms with Gasteiger partial charge in [0, 0.05) is 24.3 Å². The molecule has 2 heterocycles. The van der Waals surface area contributed by atoms with Crippen LogP contribution in [0.1, 0.15) is 34.9 Å². The fourth-order valence-electron chi connectivity index (χ4n) is 1.68. The minimum Gasteiger partial charge on any atom is -0.477 e. The minimum atomic E-state index is -0.972. The lowest BCUT2D eigenvalue weighted by Crippen LogP contribution is -1.98. The molecule has 0 aromatic carbocycles. The fraction of sp³-hybridized carbons (Fsp3) is 0.333. The van der Waals surface area contributed by atoms with Crippen molar-refractivity contribution >= 4 is 17.3 Å². The highest BCUT2D eigenvalue weighted by atomic mass is 32.1. The van der Waals surface area contributed by atoms with Crippen molar-refractivity contribution < 1.29 is 14.6 Å². The van der Waals surface area contributed by atoms with E-state index in [0.717, 1.165) is 22.7 Å². The quantitative estimate of drug-likeness (QED) is 0.872. The van der Waals surface area contributed by atoms with Gasteiger partial charge in [0.2, 0.25) is 0 Å². The molecule has 2 rings (SSSR count). The van der Waals surface area contributed by atoms with Gasteiger partial charge in [-0.25, -0.2) is 9.78 Å². The third kappa shape index (κ3) is 2.44. The summed E-state index contributed by atoms with van der Waals surface area (Å²) in [6.07, 6.45) is 2.51. The van der Waals surface area contributed by atoms with Gasteiger partial charge in [-0.05, 0) is 12.5 Å². The highest BCUT2D eigenvalue weighted by Gasteiger charge is 2.15. The Hall–Kier alpha value is -1.66. The molecule has 0 aliphatic heterocycles. The normalized spacial score (nSPS) is 12.6. The van der Waals surface area contributed by atoms with Gasteiger partial charge in [-0.1, -0.05) is 6.92 Å². The molecular weight excluding hydrogens is 252 g/mol. The van der Waals surface area contributed by atoms with E-state index in [1.807, 2.05) is 12.3 Å². The number of nitrogens with zero attached hydrogens (tertiary/aromatic N) is 1. The number of carbonyl (C=O) groups is 1. The molecule has 5 nitrogen and oxygen atoms in total. The number of methoxy groups -OCH3 is 1. The summed E-state index contributed by atoms with van der Waals surface area (Å²) in [5, 5.41) is 11.7. The first kappa shape index (κ1) is 12.8. The number of H-pyrrole nitrogens is 1. The summed E-state index contributed by atoms with van der Waals surface area (Å²) in [7, 11) is 1.66. The van der Waals surface area contributed by atoms with Crippen LogP contribution in [0.2, 0.25) is 0 Å². The maximum atomic E-state index is 10.8. The smallest absolute Gasteiger partial charge is 0.352 e. The Labute approximate surface area is 108 Å². The average molecular weight is 266 g/mol. The Bertz CT molecular complexity index is 543. The van der Waals surface area contributed by atoms with Gasteiger partial charge in [0.15, 0.2) is 0 Å². The highest BCUT2D eigenvalue weighted by Crippen LogP contribution is 2.28. The van der Waals surface area contributed by atoms with Crippen LogP contribution in [0, 0.1) is 0 Å². The molecule has 2 aromatic heterocycles. The van der Waals surface area contributed by atoms with Gasteiger partial charge in [0.05, 0.1) is 5.69 Å². The van der Waals surface area contributed by atoms with Crippen molar-refractivity contribution in [3.63, 3.8) is 0 Å². The zero-order valence-electron chi connectivity index (χ0n) is 10.1. The number of rotatable bonds is 5. The van der Waals surface area contributed by atoms with E-state index in [1.54, 1.807) is 19.4 Å². The van der Waals surface area contributed by atoms with Crippen LogP contribution in [0.5, 0.6) is 0 Å². The van der Waals surface area contributed by atoms with Crippen molar-refractivity contribution in [2.75, 3.05) is 7.11 Å². The first-order chi connectivity index (χ1) is 8.65. The number of hydrogen-bond donors (Lipinski definition) is 2. The van der Waals surface area contributed by atoms with Gasteiger partial charge in [-0.2, -0.15) is 0 Å². The number of ether oxygens (including phenoxy) is 1. The first-order valence-electron chi connectivity index (χ1n) is 5.56. The molecule has 2 aromatic rings. The standard InChI is InChI=1S/C12H14N2O3S/c1-3-10(17-2)11-14-9(6-18-11)7-4-8(12(15)16)13-5-7/h4-6,10,13H,3H2,1-2H3,(H,15,16). The molecule has 18 heavy (non-hydrogen) atoms. The molecular formula is C12H14N2O3S. The molecule has 0 aliphatic carbocycles. The van der Waals surface area contributed by atoms with Crippen LogP contribution in [0.15, 0.2) is 17.6 Å². The zero-order chi connectivity index (χ0) is 13.1. The van der Waals surface area contributed by atoms with Crippen molar-refractivity contribution in [3.05, 3.63) is 28.3 Å². The van der Waals surface area contributed by atoms with Crippen molar-refractivity contribution in [1.82, 2.24) is 9.97 Å². The molecule has 0 saturated carbocycles. The van der Waals surface area contributed by atoms with E-state index in [-0.39, 0.29) is 11.8 Å². The second-order valence-corrected chi connectivity index (χ2v) is 4.70. The molecule has 0 aliphatic rings. The number of thiazole rings is 1. The molecule has 96 valence electrons. The maximum absolute atomic E-state index is 10.8. The summed E-state index contributed by atoms with van der Waals surface area (Å²) >= 11 is 1.52. The predicted octanol–water partition coefficient (Wildman–Crippen LogP) is 2.93. The Morgan fingerprint density at radius 3 is 3.00 bits per heavy atom. The Morgan fingerprint density at radius 2 is 2.44 bits per heavy atom. The van der Waals surface area contributed by atoms with Gasteiger partial charge in [0.25, 0.3) is 0 Å². The SMILES string of the molecule is CCC(OC)c1nc(-c2c[nH]c(C(=O)O)c2)cs1. The molecule has 0 fully saturated rings. The van der Waals surface area contributed by atoms with E-state index in [9.17, 15) is 4.79 Å². The van der Waals surface area contributed by atoms with Gasteiger partial charge in [-0.3, -0.25) is 0 Å². The highest BCUT2D eigenvalue weighted by molar-refractivity contribution is 7.10. The Balaban J connectivity index is 2.26. The van der Waals surface area contributed by atoms with E-state index in [0.29, 0.717) is 0 Å². The zero-order valence-corrected chi connectivity index (χ0v) is 11.0. The largest absolute Gasteiger partial charge is 0.477 e. The van der Waals surface area contributed by atoms with Crippen LogP contribution >= 0.6 is 11.3 Å². The van der Waals surface area contributed by atoms with Gasteiger partial charge >= 0.3 is 5.97 Å². The second kappa shape index (κ2) is 5.32. The predicted molar refractivity (Wildman–Crippen MR) is 68.9 cm³/mol. The lowest BCUT2D eigenvalue weighted by atomic mass is 10.2. The van der Waals surface area contributed by atoms with Crippen LogP contribution < -0.4 is 0 Å². The van der Waals surface area contributed by atoms with Crippen molar-refractivity contribution in [2.45, 2.75) is 19.4 Å². The number of aromatic amines is 1. The van der Waals surface area contributed by atoms with Crippen molar-refractivity contribution in [2.24, 2.45) is 0 Å². The lowest BCUT2D eigenvalue weighted by molar-refractivity contribution is 0.0691.